The van der Waals surface area contributed by atoms with Crippen LogP contribution in [0.5, 0.6) is 0 Å². The normalized spacial score (nSPS) is 12.3. The molecular weight excluding hydrogens is 789 g/mol. The summed E-state index contributed by atoms with van der Waals surface area (Å²) in [6.07, 6.45) is 6.02. The Morgan fingerprint density at radius 3 is 1.37 bits per heavy atom. The highest BCUT2D eigenvalue weighted by atomic mass is 16.6. The predicted molar refractivity (Wildman–Crippen MR) is 239 cm³/mol. The van der Waals surface area contributed by atoms with Crippen LogP contribution in [0.4, 0.5) is 0 Å². The Kier molecular flexibility index (Phi) is 13.3. The van der Waals surface area contributed by atoms with Gasteiger partial charge in [-0.3, -0.25) is 0 Å². The Labute approximate surface area is 366 Å². The second-order valence-electron chi connectivity index (χ2n) is 15.4. The van der Waals surface area contributed by atoms with Gasteiger partial charge in [0, 0.05) is 38.2 Å². The first kappa shape index (κ1) is 42.5. The number of aromatic nitrogens is 8. The fourth-order valence-corrected chi connectivity index (χ4v) is 8.35. The molecule has 13 nitrogen and oxygen atoms in total. The Morgan fingerprint density at radius 2 is 0.984 bits per heavy atom. The van der Waals surface area contributed by atoms with Gasteiger partial charge in [-0.05, 0) is 58.4 Å². The number of fused-ring (bicyclic) bond motifs is 2. The molecule has 8 aromatic rings. The van der Waals surface area contributed by atoms with Gasteiger partial charge >= 0.3 is 0 Å². The van der Waals surface area contributed by atoms with Crippen molar-refractivity contribution in [2.24, 2.45) is 0 Å². The second-order valence-corrected chi connectivity index (χ2v) is 15.4. The van der Waals surface area contributed by atoms with Crippen molar-refractivity contribution in [2.75, 3.05) is 27.4 Å². The van der Waals surface area contributed by atoms with Crippen LogP contribution < -0.4 is 0 Å². The lowest BCUT2D eigenvalue weighted by Gasteiger charge is -2.28. The largest absolute Gasteiger partial charge is 0.382 e. The minimum atomic E-state index is -0.665. The number of nitrogens with zero attached hydrogens (tertiary/aromatic N) is 10. The van der Waals surface area contributed by atoms with Gasteiger partial charge in [-0.25, -0.2) is 19.0 Å². The SMILES string of the molecule is CCCc1c(Cc2ccc(-c3ccccc3C#N)cc2)c(C(COC)OC(COC)c2nc3ncnn3c(CCC)c2Cc2ccc(-c3ccccc3C#N)cc2)nc2ncnn12. The van der Waals surface area contributed by atoms with E-state index in [1.807, 2.05) is 57.6 Å². The summed E-state index contributed by atoms with van der Waals surface area (Å²) in [5.41, 5.74) is 12.4. The summed E-state index contributed by atoms with van der Waals surface area (Å²) in [5.74, 6) is 0.951. The molecule has 2 atom stereocenters. The molecule has 0 fully saturated rings. The first-order chi connectivity index (χ1) is 31.0. The third kappa shape index (κ3) is 8.94. The second kappa shape index (κ2) is 19.7. The standard InChI is InChI=1S/C50H48N10O3/c1-5-11-43-41(25-33-17-21-35(22-18-33)39-15-9-7-13-37(39)27-51)47(57-49-53-31-55-59(43)49)45(29-61-3)63-46(30-62-4)48-42(44(12-6-2)60-50(58-48)54-32-56-60)26-34-19-23-36(24-20-34)40-16-10-8-14-38(40)28-52/h7-10,13-24,31-32,45-46H,5-6,11-12,25-26,29-30H2,1-4H3. The molecule has 8 rings (SSSR count). The molecule has 4 aromatic heterocycles. The Morgan fingerprint density at radius 1 is 0.571 bits per heavy atom. The van der Waals surface area contributed by atoms with Crippen LogP contribution >= 0.6 is 0 Å². The van der Waals surface area contributed by atoms with Crippen LogP contribution in [0.15, 0.2) is 110 Å². The molecule has 2 unspecified atom stereocenters. The van der Waals surface area contributed by atoms with E-state index in [0.717, 1.165) is 81.6 Å². The summed E-state index contributed by atoms with van der Waals surface area (Å²) in [5, 5.41) is 28.8. The zero-order chi connectivity index (χ0) is 43.7. The molecule has 4 aromatic carbocycles. The van der Waals surface area contributed by atoms with E-state index in [2.05, 4.69) is 94.7 Å². The molecular formula is C50H48N10O3. The topological polar surface area (TPSA) is 161 Å². The van der Waals surface area contributed by atoms with Crippen molar-refractivity contribution in [2.45, 2.75) is 64.6 Å². The number of hydrogen-bond acceptors (Lipinski definition) is 11. The first-order valence-corrected chi connectivity index (χ1v) is 21.2. The van der Waals surface area contributed by atoms with E-state index in [0.29, 0.717) is 46.9 Å². The van der Waals surface area contributed by atoms with E-state index in [1.165, 1.54) is 12.7 Å². The van der Waals surface area contributed by atoms with Crippen LogP contribution in [0.2, 0.25) is 0 Å². The van der Waals surface area contributed by atoms with Gasteiger partial charge in [0.2, 0.25) is 0 Å². The van der Waals surface area contributed by atoms with Crippen molar-refractivity contribution >= 4 is 11.6 Å². The first-order valence-electron chi connectivity index (χ1n) is 21.2. The molecule has 316 valence electrons. The molecule has 4 heterocycles. The summed E-state index contributed by atoms with van der Waals surface area (Å²) < 4.78 is 22.7. The third-order valence-electron chi connectivity index (χ3n) is 11.3. The highest BCUT2D eigenvalue weighted by Crippen LogP contribution is 2.35. The average Bonchev–Trinajstić information content (AvgIpc) is 4.01. The molecule has 0 N–H and O–H groups in total. The number of benzene rings is 4. The zero-order valence-electron chi connectivity index (χ0n) is 35.9. The Bertz CT molecular complexity index is 2730. The summed E-state index contributed by atoms with van der Waals surface area (Å²) in [6, 6.07) is 36.5. The average molecular weight is 837 g/mol. The highest BCUT2D eigenvalue weighted by molar-refractivity contribution is 5.71. The maximum Gasteiger partial charge on any atom is 0.252 e. The van der Waals surface area contributed by atoms with Crippen LogP contribution in [0.3, 0.4) is 0 Å². The number of aryl methyl sites for hydroxylation is 2. The lowest BCUT2D eigenvalue weighted by molar-refractivity contribution is -0.0814. The maximum atomic E-state index is 9.77. The minimum absolute atomic E-state index is 0.190. The molecule has 0 radical (unpaired) electrons. The van der Waals surface area contributed by atoms with Gasteiger partial charge in [0.05, 0.1) is 59.3 Å². The van der Waals surface area contributed by atoms with Crippen LogP contribution in [0.1, 0.15) is 95.1 Å². The fraction of sp³-hybridized carbons (Fsp3) is 0.280. The van der Waals surface area contributed by atoms with E-state index in [9.17, 15) is 10.5 Å². The molecule has 0 amide bonds. The molecule has 0 aliphatic heterocycles. The summed E-state index contributed by atoms with van der Waals surface area (Å²) in [4.78, 5) is 19.4. The summed E-state index contributed by atoms with van der Waals surface area (Å²) in [7, 11) is 3.32. The quantitative estimate of drug-likeness (QED) is 0.0812. The van der Waals surface area contributed by atoms with Gasteiger partial charge in [-0.15, -0.1) is 0 Å². The molecule has 0 bridgehead atoms. The number of ether oxygens (including phenoxy) is 3. The molecule has 63 heavy (non-hydrogen) atoms. The number of methoxy groups -OCH3 is 2. The lowest BCUT2D eigenvalue weighted by atomic mass is 9.94. The van der Waals surface area contributed by atoms with Gasteiger partial charge in [-0.2, -0.15) is 30.7 Å². The van der Waals surface area contributed by atoms with Crippen molar-refractivity contribution in [3.8, 4) is 34.4 Å². The maximum absolute atomic E-state index is 9.77. The third-order valence-corrected chi connectivity index (χ3v) is 11.3. The van der Waals surface area contributed by atoms with Crippen LogP contribution in [-0.4, -0.2) is 66.6 Å². The Balaban J connectivity index is 1.21. The number of nitriles is 2. The van der Waals surface area contributed by atoms with Crippen LogP contribution in [0.25, 0.3) is 33.8 Å². The van der Waals surface area contributed by atoms with Crippen LogP contribution in [0, 0.1) is 22.7 Å². The summed E-state index contributed by atoms with van der Waals surface area (Å²) in [6.45, 7) is 4.67. The van der Waals surface area contributed by atoms with Gasteiger partial charge < -0.3 is 14.2 Å². The number of rotatable bonds is 18. The molecule has 0 aliphatic carbocycles. The van der Waals surface area contributed by atoms with Gasteiger partial charge in [0.1, 0.15) is 24.9 Å². The molecule has 13 heteroatoms. The van der Waals surface area contributed by atoms with Crippen molar-refractivity contribution in [1.82, 2.24) is 39.2 Å². The van der Waals surface area contributed by atoms with E-state index in [-0.39, 0.29) is 13.2 Å². The van der Waals surface area contributed by atoms with Gasteiger partial charge in [0.25, 0.3) is 11.6 Å². The highest BCUT2D eigenvalue weighted by Gasteiger charge is 2.31. The molecule has 0 saturated heterocycles. The minimum Gasteiger partial charge on any atom is -0.382 e. The molecule has 0 spiro atoms. The molecule has 0 aliphatic rings. The van der Waals surface area contributed by atoms with Gasteiger partial charge in [-0.1, -0.05) is 112 Å². The number of hydrogen-bond donors (Lipinski definition) is 0. The molecule has 0 saturated carbocycles. The van der Waals surface area contributed by atoms with Crippen molar-refractivity contribution in [3.63, 3.8) is 0 Å². The fourth-order valence-electron chi connectivity index (χ4n) is 8.35. The van der Waals surface area contributed by atoms with Crippen molar-refractivity contribution in [3.05, 3.63) is 166 Å². The van der Waals surface area contributed by atoms with E-state index in [1.54, 1.807) is 14.2 Å². The van der Waals surface area contributed by atoms with E-state index >= 15 is 0 Å². The zero-order valence-corrected chi connectivity index (χ0v) is 35.9. The predicted octanol–water partition coefficient (Wildman–Crippen LogP) is 8.82. The Hall–Kier alpha value is -7.16. The van der Waals surface area contributed by atoms with Crippen molar-refractivity contribution < 1.29 is 14.2 Å². The van der Waals surface area contributed by atoms with Crippen LogP contribution in [-0.2, 0) is 39.9 Å². The smallest absolute Gasteiger partial charge is 0.252 e. The van der Waals surface area contributed by atoms with E-state index < -0.39 is 12.2 Å². The monoisotopic (exact) mass is 836 g/mol. The lowest BCUT2D eigenvalue weighted by Crippen LogP contribution is -2.25. The van der Waals surface area contributed by atoms with Gasteiger partial charge in [0.15, 0.2) is 0 Å². The van der Waals surface area contributed by atoms with E-state index in [4.69, 9.17) is 24.2 Å². The summed E-state index contributed by atoms with van der Waals surface area (Å²) >= 11 is 0. The van der Waals surface area contributed by atoms with Crippen molar-refractivity contribution in [1.29, 1.82) is 10.5 Å².